The first kappa shape index (κ1) is 31.9. The molecule has 0 aliphatic heterocycles. The second kappa shape index (κ2) is 14.9. The fourth-order valence-corrected chi connectivity index (χ4v) is 4.16. The quantitative estimate of drug-likeness (QED) is 0.183. The number of carboxylic acid groups (broad SMARTS) is 1. The van der Waals surface area contributed by atoms with Crippen molar-refractivity contribution >= 4 is 23.7 Å². The van der Waals surface area contributed by atoms with Gasteiger partial charge in [0.25, 0.3) is 11.8 Å². The fraction of sp³-hybridized carbons (Fsp3) is 0.375. The molecule has 0 aliphatic rings. The van der Waals surface area contributed by atoms with Crippen molar-refractivity contribution in [3.05, 3.63) is 83.2 Å². The van der Waals surface area contributed by atoms with Crippen molar-refractivity contribution < 1.29 is 24.3 Å². The predicted molar refractivity (Wildman–Crippen MR) is 160 cm³/mol. The van der Waals surface area contributed by atoms with Gasteiger partial charge in [-0.15, -0.1) is 0 Å². The monoisotopic (exact) mass is 573 g/mol. The van der Waals surface area contributed by atoms with E-state index < -0.39 is 23.8 Å². The Balaban J connectivity index is 1.55. The molecule has 222 valence electrons. The number of nitrogens with one attached hydrogen (secondary N) is 3. The van der Waals surface area contributed by atoms with E-state index in [9.17, 15) is 24.3 Å². The highest BCUT2D eigenvalue weighted by molar-refractivity contribution is 5.97. The van der Waals surface area contributed by atoms with Crippen LogP contribution in [0.1, 0.15) is 91.6 Å². The summed E-state index contributed by atoms with van der Waals surface area (Å²) in [5.41, 5.74) is 7.74. The number of carbonyl (C=O) groups excluding carboxylic acids is 3. The molecule has 1 unspecified atom stereocenters. The highest BCUT2D eigenvalue weighted by Crippen LogP contribution is 2.22. The van der Waals surface area contributed by atoms with Crippen molar-refractivity contribution in [1.29, 1.82) is 0 Å². The number of rotatable bonds is 12. The van der Waals surface area contributed by atoms with Crippen LogP contribution in [0.25, 0.3) is 11.4 Å². The van der Waals surface area contributed by atoms with Gasteiger partial charge in [-0.1, -0.05) is 83.4 Å². The minimum absolute atomic E-state index is 0.0570. The highest BCUT2D eigenvalue weighted by atomic mass is 16.4. The number of aliphatic carboxylic acids is 1. The van der Waals surface area contributed by atoms with Crippen molar-refractivity contribution in [3.8, 4) is 11.4 Å². The minimum Gasteiger partial charge on any atom is -0.480 e. The average molecular weight is 574 g/mol. The lowest BCUT2D eigenvalue weighted by Crippen LogP contribution is -2.42. The van der Waals surface area contributed by atoms with Crippen LogP contribution in [-0.4, -0.2) is 44.8 Å². The maximum atomic E-state index is 12.7. The summed E-state index contributed by atoms with van der Waals surface area (Å²) >= 11 is 0. The van der Waals surface area contributed by atoms with E-state index in [2.05, 4.69) is 53.8 Å². The first-order valence-corrected chi connectivity index (χ1v) is 14.1. The largest absolute Gasteiger partial charge is 0.480 e. The summed E-state index contributed by atoms with van der Waals surface area (Å²) in [6.07, 6.45) is 7.05. The molecule has 0 radical (unpaired) electrons. The lowest BCUT2D eigenvalue weighted by molar-refractivity contribution is -0.139. The Morgan fingerprint density at radius 3 is 2.02 bits per heavy atom. The zero-order chi connectivity index (χ0) is 30.7. The third-order valence-corrected chi connectivity index (χ3v) is 6.76. The van der Waals surface area contributed by atoms with Crippen LogP contribution in [0.2, 0.25) is 0 Å². The second-order valence-electron chi connectivity index (χ2n) is 11.2. The number of benzene rings is 2. The molecule has 42 heavy (non-hydrogen) atoms. The number of unbranched alkanes of at least 4 members (excludes halogenated alkanes) is 3. The SMILES string of the molecule is CCCCCCC(=O)NNC(=O)c1cnc(-c2ccc(CC(NC(=O)c3ccc(C(C)(C)C)cc3)C(=O)O)cc2)nc1. The second-order valence-corrected chi connectivity index (χ2v) is 11.2. The number of hydrogen-bond acceptors (Lipinski definition) is 6. The van der Waals surface area contributed by atoms with E-state index in [1.54, 1.807) is 36.4 Å². The van der Waals surface area contributed by atoms with Crippen LogP contribution in [0.3, 0.4) is 0 Å². The Hall–Kier alpha value is -4.60. The van der Waals surface area contributed by atoms with Gasteiger partial charge in [0.15, 0.2) is 5.82 Å². The van der Waals surface area contributed by atoms with E-state index in [1.165, 1.54) is 12.4 Å². The molecule has 2 aromatic carbocycles. The van der Waals surface area contributed by atoms with E-state index in [0.29, 0.717) is 28.9 Å². The van der Waals surface area contributed by atoms with Gasteiger partial charge in [0.05, 0.1) is 5.56 Å². The van der Waals surface area contributed by atoms with Crippen LogP contribution in [0.4, 0.5) is 0 Å². The highest BCUT2D eigenvalue weighted by Gasteiger charge is 2.22. The molecule has 0 spiro atoms. The summed E-state index contributed by atoms with van der Waals surface area (Å²) in [5, 5.41) is 12.3. The van der Waals surface area contributed by atoms with Gasteiger partial charge in [0, 0.05) is 36.4 Å². The third kappa shape index (κ3) is 9.50. The molecule has 3 aromatic rings. The maximum absolute atomic E-state index is 12.7. The molecule has 10 heteroatoms. The van der Waals surface area contributed by atoms with Crippen LogP contribution in [0.5, 0.6) is 0 Å². The molecular formula is C32H39N5O5. The van der Waals surface area contributed by atoms with Gasteiger partial charge in [0.2, 0.25) is 5.91 Å². The van der Waals surface area contributed by atoms with Crippen molar-refractivity contribution in [1.82, 2.24) is 26.1 Å². The van der Waals surface area contributed by atoms with Crippen molar-refractivity contribution in [2.45, 2.75) is 77.7 Å². The summed E-state index contributed by atoms with van der Waals surface area (Å²) in [4.78, 5) is 57.3. The molecular weight excluding hydrogens is 534 g/mol. The number of aromatic nitrogens is 2. The average Bonchev–Trinajstić information content (AvgIpc) is 2.97. The van der Waals surface area contributed by atoms with Crippen molar-refractivity contribution in [2.24, 2.45) is 0 Å². The lowest BCUT2D eigenvalue weighted by Gasteiger charge is -2.19. The topological polar surface area (TPSA) is 150 Å². The molecule has 0 fully saturated rings. The van der Waals surface area contributed by atoms with Crippen molar-refractivity contribution in [3.63, 3.8) is 0 Å². The normalized spacial score (nSPS) is 11.8. The third-order valence-electron chi connectivity index (χ3n) is 6.76. The number of carboxylic acids is 1. The molecule has 4 N–H and O–H groups in total. The van der Waals surface area contributed by atoms with Gasteiger partial charge >= 0.3 is 5.97 Å². The van der Waals surface area contributed by atoms with E-state index >= 15 is 0 Å². The molecule has 1 heterocycles. The van der Waals surface area contributed by atoms with E-state index in [1.807, 2.05) is 12.1 Å². The number of nitrogens with zero attached hydrogens (tertiary/aromatic N) is 2. The number of amides is 3. The van der Waals surface area contributed by atoms with E-state index in [4.69, 9.17) is 0 Å². The molecule has 3 amide bonds. The first-order chi connectivity index (χ1) is 20.0. The summed E-state index contributed by atoms with van der Waals surface area (Å²) in [6.45, 7) is 8.33. The predicted octanol–water partition coefficient (Wildman–Crippen LogP) is 4.60. The lowest BCUT2D eigenvalue weighted by atomic mass is 9.86. The van der Waals surface area contributed by atoms with Crippen molar-refractivity contribution in [2.75, 3.05) is 0 Å². The van der Waals surface area contributed by atoms with Gasteiger partial charge < -0.3 is 10.4 Å². The van der Waals surface area contributed by atoms with Crippen LogP contribution in [0.15, 0.2) is 60.9 Å². The Morgan fingerprint density at radius 2 is 1.45 bits per heavy atom. The van der Waals surface area contributed by atoms with Gasteiger partial charge in [-0.05, 0) is 35.1 Å². The molecule has 0 aliphatic carbocycles. The smallest absolute Gasteiger partial charge is 0.326 e. The molecule has 0 saturated carbocycles. The van der Waals surface area contributed by atoms with Crippen LogP contribution in [0, 0.1) is 0 Å². The van der Waals surface area contributed by atoms with Gasteiger partial charge in [-0.2, -0.15) is 0 Å². The summed E-state index contributed by atoms with van der Waals surface area (Å²) in [5.74, 6) is -1.99. The van der Waals surface area contributed by atoms with Gasteiger partial charge in [-0.3, -0.25) is 25.2 Å². The summed E-state index contributed by atoms with van der Waals surface area (Å²) < 4.78 is 0. The minimum atomic E-state index is -1.14. The Morgan fingerprint density at radius 1 is 0.810 bits per heavy atom. The Bertz CT molecular complexity index is 1360. The van der Waals surface area contributed by atoms with Crippen LogP contribution < -0.4 is 16.2 Å². The fourth-order valence-electron chi connectivity index (χ4n) is 4.16. The number of hydrazine groups is 1. The Kier molecular flexibility index (Phi) is 11.3. The summed E-state index contributed by atoms with van der Waals surface area (Å²) in [6, 6.07) is 13.0. The molecule has 0 saturated heterocycles. The first-order valence-electron chi connectivity index (χ1n) is 14.1. The molecule has 10 nitrogen and oxygen atoms in total. The standard InChI is InChI=1S/C32H39N5O5/c1-5-6-7-8-9-27(38)36-37-30(40)24-19-33-28(34-20-24)22-12-10-21(11-13-22)18-26(31(41)42)35-29(39)23-14-16-25(17-15-23)32(2,3)4/h10-17,19-20,26H,5-9,18H2,1-4H3,(H,35,39)(H,36,38)(H,37,40)(H,41,42). The Labute approximate surface area is 246 Å². The van der Waals surface area contributed by atoms with Gasteiger partial charge in [-0.25, -0.2) is 14.8 Å². The molecule has 3 rings (SSSR count). The van der Waals surface area contributed by atoms with E-state index in [0.717, 1.165) is 31.2 Å². The van der Waals surface area contributed by atoms with Gasteiger partial charge in [0.1, 0.15) is 6.04 Å². The van der Waals surface area contributed by atoms with Crippen LogP contribution >= 0.6 is 0 Å². The van der Waals surface area contributed by atoms with E-state index in [-0.39, 0.29) is 23.3 Å². The molecule has 1 atom stereocenters. The summed E-state index contributed by atoms with van der Waals surface area (Å²) in [7, 11) is 0. The zero-order valence-electron chi connectivity index (χ0n) is 24.6. The molecule has 0 bridgehead atoms. The maximum Gasteiger partial charge on any atom is 0.326 e. The molecule has 1 aromatic heterocycles. The number of hydrogen-bond donors (Lipinski definition) is 4. The van der Waals surface area contributed by atoms with Crippen LogP contribution in [-0.2, 0) is 21.4 Å². The zero-order valence-corrected chi connectivity index (χ0v) is 24.6. The number of carbonyl (C=O) groups is 4.